The lowest BCUT2D eigenvalue weighted by atomic mass is 9.81. The highest BCUT2D eigenvalue weighted by molar-refractivity contribution is 5.30. The molecule has 0 aromatic carbocycles. The Morgan fingerprint density at radius 3 is 3.35 bits per heavy atom. The number of hydrogen-bond acceptors (Lipinski definition) is 3. The van der Waals surface area contributed by atoms with Gasteiger partial charge in [0.1, 0.15) is 5.60 Å². The molecule has 0 bridgehead atoms. The minimum atomic E-state index is -0.518. The van der Waals surface area contributed by atoms with Gasteiger partial charge in [0.25, 0.3) is 0 Å². The topological polar surface area (TPSA) is 27.7 Å². The second-order valence-electron chi connectivity index (χ2n) is 5.35. The Hall–Kier alpha value is -0.640. The van der Waals surface area contributed by atoms with E-state index in [0.29, 0.717) is 6.61 Å². The van der Waals surface area contributed by atoms with E-state index in [0.717, 1.165) is 25.9 Å². The zero-order chi connectivity index (χ0) is 11.9. The van der Waals surface area contributed by atoms with Crippen molar-refractivity contribution in [3.63, 3.8) is 0 Å². The highest BCUT2D eigenvalue weighted by atomic mass is 16.7. The van der Waals surface area contributed by atoms with Gasteiger partial charge in [0, 0.05) is 6.42 Å². The molecule has 0 N–H and O–H groups in total. The Kier molecular flexibility index (Phi) is 2.65. The summed E-state index contributed by atoms with van der Waals surface area (Å²) in [6.45, 7) is 6.96. The summed E-state index contributed by atoms with van der Waals surface area (Å²) >= 11 is 0. The molecular weight excluding hydrogens is 216 g/mol. The Labute approximate surface area is 102 Å². The monoisotopic (exact) mass is 236 g/mol. The maximum Gasteiger partial charge on any atom is 0.169 e. The lowest BCUT2D eigenvalue weighted by Gasteiger charge is -2.34. The molecule has 0 unspecified atom stereocenters. The largest absolute Gasteiger partial charge is 0.370 e. The van der Waals surface area contributed by atoms with Crippen LogP contribution in [0.25, 0.3) is 0 Å². The first kappa shape index (κ1) is 11.5. The third kappa shape index (κ3) is 1.68. The molecule has 1 aliphatic carbocycles. The molecule has 2 aliphatic heterocycles. The van der Waals surface area contributed by atoms with Gasteiger partial charge in [-0.1, -0.05) is 12.2 Å². The van der Waals surface area contributed by atoms with Crippen LogP contribution in [0.2, 0.25) is 0 Å². The average molecular weight is 236 g/mol. The molecule has 0 amide bonds. The van der Waals surface area contributed by atoms with E-state index in [1.54, 1.807) is 6.08 Å². The van der Waals surface area contributed by atoms with E-state index in [2.05, 4.69) is 12.7 Å². The van der Waals surface area contributed by atoms with Crippen LogP contribution in [-0.2, 0) is 14.2 Å². The summed E-state index contributed by atoms with van der Waals surface area (Å²) in [4.78, 5) is 0. The lowest BCUT2D eigenvalue weighted by Crippen LogP contribution is -2.40. The molecule has 17 heavy (non-hydrogen) atoms. The van der Waals surface area contributed by atoms with Crippen LogP contribution in [0, 0.1) is 0 Å². The fourth-order valence-electron chi connectivity index (χ4n) is 3.34. The van der Waals surface area contributed by atoms with Crippen LogP contribution in [0.3, 0.4) is 0 Å². The highest BCUT2D eigenvalue weighted by Crippen LogP contribution is 2.52. The van der Waals surface area contributed by atoms with Crippen LogP contribution in [0.1, 0.15) is 32.6 Å². The fraction of sp³-hybridized carbons (Fsp3) is 0.714. The smallest absolute Gasteiger partial charge is 0.169 e. The molecule has 3 atom stereocenters. The molecule has 1 spiro atoms. The summed E-state index contributed by atoms with van der Waals surface area (Å²) in [5.74, 6) is -0.518. The Balaban J connectivity index is 1.84. The zero-order valence-electron chi connectivity index (χ0n) is 10.4. The fourth-order valence-corrected chi connectivity index (χ4v) is 3.34. The van der Waals surface area contributed by atoms with Gasteiger partial charge in [-0.2, -0.15) is 0 Å². The van der Waals surface area contributed by atoms with Gasteiger partial charge < -0.3 is 14.2 Å². The van der Waals surface area contributed by atoms with Crippen molar-refractivity contribution in [2.75, 3.05) is 13.2 Å². The van der Waals surface area contributed by atoms with Crippen LogP contribution < -0.4 is 0 Å². The number of allylic oxidation sites excluding steroid dienone is 1. The summed E-state index contributed by atoms with van der Waals surface area (Å²) < 4.78 is 18.0. The summed E-state index contributed by atoms with van der Waals surface area (Å²) in [5.41, 5.74) is 1.15. The van der Waals surface area contributed by atoms with E-state index in [9.17, 15) is 0 Å². The molecule has 2 fully saturated rings. The van der Waals surface area contributed by atoms with Crippen molar-refractivity contribution in [1.29, 1.82) is 0 Å². The van der Waals surface area contributed by atoms with Gasteiger partial charge in [-0.3, -0.25) is 0 Å². The molecule has 2 saturated heterocycles. The molecule has 3 aliphatic rings. The number of ether oxygens (including phenoxy) is 3. The summed E-state index contributed by atoms with van der Waals surface area (Å²) in [6, 6.07) is 0. The molecule has 3 rings (SSSR count). The van der Waals surface area contributed by atoms with Crippen LogP contribution in [-0.4, -0.2) is 30.7 Å². The molecule has 3 nitrogen and oxygen atoms in total. The second kappa shape index (κ2) is 3.94. The Morgan fingerprint density at radius 1 is 1.65 bits per heavy atom. The number of rotatable bonds is 3. The zero-order valence-corrected chi connectivity index (χ0v) is 10.4. The van der Waals surface area contributed by atoms with Crippen molar-refractivity contribution in [1.82, 2.24) is 0 Å². The predicted molar refractivity (Wildman–Crippen MR) is 64.7 cm³/mol. The Bertz CT molecular complexity index is 362. The first-order chi connectivity index (χ1) is 8.19. The maximum atomic E-state index is 6.30. The van der Waals surface area contributed by atoms with Gasteiger partial charge in [-0.05, 0) is 31.8 Å². The molecule has 0 saturated carbocycles. The van der Waals surface area contributed by atoms with Crippen molar-refractivity contribution in [3.05, 3.63) is 24.3 Å². The lowest BCUT2D eigenvalue weighted by molar-refractivity contribution is -0.229. The SMILES string of the molecule is C=CCO[C@@]1(C)C[C@@H]2OCC3=CCCC[C@]32O1. The molecule has 0 radical (unpaired) electrons. The van der Waals surface area contributed by atoms with Crippen LogP contribution >= 0.6 is 0 Å². The second-order valence-corrected chi connectivity index (χ2v) is 5.35. The van der Waals surface area contributed by atoms with Crippen LogP contribution in [0.5, 0.6) is 0 Å². The normalized spacial score (nSPS) is 44.1. The van der Waals surface area contributed by atoms with Crippen LogP contribution in [0.15, 0.2) is 24.3 Å². The van der Waals surface area contributed by atoms with E-state index in [1.165, 1.54) is 12.0 Å². The van der Waals surface area contributed by atoms with Gasteiger partial charge in [-0.25, -0.2) is 0 Å². The van der Waals surface area contributed by atoms with Crippen LogP contribution in [0.4, 0.5) is 0 Å². The van der Waals surface area contributed by atoms with Gasteiger partial charge in [0.05, 0.1) is 19.3 Å². The van der Waals surface area contributed by atoms with E-state index in [-0.39, 0.29) is 11.7 Å². The van der Waals surface area contributed by atoms with E-state index in [1.807, 2.05) is 6.92 Å². The first-order valence-corrected chi connectivity index (χ1v) is 6.45. The predicted octanol–water partition coefficient (Wildman–Crippen LogP) is 2.57. The molecular formula is C14H20O3. The third-order valence-electron chi connectivity index (χ3n) is 4.11. The Morgan fingerprint density at radius 2 is 2.53 bits per heavy atom. The maximum absolute atomic E-state index is 6.30. The van der Waals surface area contributed by atoms with E-state index in [4.69, 9.17) is 14.2 Å². The van der Waals surface area contributed by atoms with Gasteiger partial charge in [-0.15, -0.1) is 6.58 Å². The minimum absolute atomic E-state index is 0.170. The van der Waals surface area contributed by atoms with Crippen molar-refractivity contribution in [3.8, 4) is 0 Å². The van der Waals surface area contributed by atoms with Crippen molar-refractivity contribution in [2.24, 2.45) is 0 Å². The molecule has 3 heteroatoms. The summed E-state index contributed by atoms with van der Waals surface area (Å²) in [6.07, 6.45) is 8.45. The molecule has 2 heterocycles. The van der Waals surface area contributed by atoms with Crippen molar-refractivity contribution in [2.45, 2.75) is 50.1 Å². The standard InChI is InChI=1S/C14H20O3/c1-3-8-16-13(2)9-12-14(17-13)7-5-4-6-11(14)10-15-12/h3,6,12H,1,4-5,7-10H2,2H3/t12-,13+,14-/m0/s1. The van der Waals surface area contributed by atoms with Crippen molar-refractivity contribution >= 4 is 0 Å². The third-order valence-corrected chi connectivity index (χ3v) is 4.11. The van der Waals surface area contributed by atoms with Gasteiger partial charge in [0.2, 0.25) is 0 Å². The van der Waals surface area contributed by atoms with Crippen molar-refractivity contribution < 1.29 is 14.2 Å². The quantitative estimate of drug-likeness (QED) is 0.705. The summed E-state index contributed by atoms with van der Waals surface area (Å²) in [7, 11) is 0. The highest BCUT2D eigenvalue weighted by Gasteiger charge is 2.60. The molecule has 0 aromatic heterocycles. The molecule has 94 valence electrons. The average Bonchev–Trinajstić information content (AvgIpc) is 2.77. The molecule has 0 aromatic rings. The first-order valence-electron chi connectivity index (χ1n) is 6.45. The minimum Gasteiger partial charge on any atom is -0.370 e. The summed E-state index contributed by atoms with van der Waals surface area (Å²) in [5, 5.41) is 0. The number of hydrogen-bond donors (Lipinski definition) is 0. The van der Waals surface area contributed by atoms with Gasteiger partial charge >= 0.3 is 0 Å². The van der Waals surface area contributed by atoms with E-state index < -0.39 is 5.79 Å². The van der Waals surface area contributed by atoms with Gasteiger partial charge in [0.15, 0.2) is 5.79 Å². The van der Waals surface area contributed by atoms with E-state index >= 15 is 0 Å².